The topological polar surface area (TPSA) is 359 Å². The molecule has 0 spiro atoms. The molecule has 0 aromatic heterocycles. The SMILES string of the molecule is CCC(C)(C)C(=O)C(=O)N1CCCC[C@H]1C(=O)O.CCC(C)(C)C(=O)C(=O)N1CCCC[C@H]1C(=O)OC.CC[C-](C)C.COC(=O)C(=O)Cl.COC(=O)C(=O)N1CCCC[C@H]1C(=O)OC.COC(=O)[C@@H]1CCCCN1.Cl.O=C(O)[C@@H]1CCCCN1.O=S(Cl)Cl.[Cl-].[Mg+2]. The molecule has 5 heterocycles. The maximum Gasteiger partial charge on any atom is 2.00 e. The number of aliphatic carboxylic acids is 2. The fourth-order valence-corrected chi connectivity index (χ4v) is 8.32. The monoisotopic (exact) mass is 1430 g/mol. The Bertz CT molecular complexity index is 2280. The van der Waals surface area contributed by atoms with E-state index in [9.17, 15) is 62.3 Å². The van der Waals surface area contributed by atoms with E-state index in [0.717, 1.165) is 97.9 Å². The van der Waals surface area contributed by atoms with Crippen molar-refractivity contribution in [1.29, 1.82) is 0 Å². The zero-order chi connectivity index (χ0) is 68.5. The number of carboxylic acid groups (broad SMARTS) is 2. The summed E-state index contributed by atoms with van der Waals surface area (Å²) >= 11 is 4.61. The standard InChI is InChI=1S/C14H23NO4.C13H21NO4.C10H15NO5.C7H13NO2.C6H11NO2.C5H11.C3H3ClO3.Cl2OS.2ClH.Mg/c1-5-14(2,3)11(16)12(17)15-9-7-6-8-10(15)13(18)19-4;1-4-13(2,3)10(15)11(16)14-8-6-5-7-9(14)12(17)18;1-15-9(13)7-5-3-4-6-11(7)8(12)10(14)16-2;1-10-7(9)6-4-2-3-5-8-6;8-6(9)5-3-1-2-4-7-5;1-4-5(2)3;1-7-3(6)2(4)5;1-4(2)3;;;/h10H,5-9H2,1-4H3;9H,4-8H2,1-3H3,(H,17,18);7H,3-6H2,1-2H3;6,8H,2-5H2,1H3;5,7H,1-4H2,(H,8,9);4H2,1-3H3;1H3;;2*1H;/q;;;;;-1;;;;;+2/p-1/t10-;9-;7-;6-;5-;;;;;;/m00000....../s1. The molecule has 0 aromatic rings. The number of carbonyl (C=O) groups is 13. The van der Waals surface area contributed by atoms with Gasteiger partial charge in [-0.15, -0.1) is 12.4 Å². The summed E-state index contributed by atoms with van der Waals surface area (Å²) in [5.41, 5.74) is -1.41. The van der Waals surface area contributed by atoms with Crippen molar-refractivity contribution in [2.45, 2.75) is 208 Å². The molecule has 5 aliphatic rings. The summed E-state index contributed by atoms with van der Waals surface area (Å²) in [6.07, 6.45) is 14.9. The molecule has 3 amide bonds. The predicted octanol–water partition coefficient (Wildman–Crippen LogP) is 3.25. The Labute approximate surface area is 581 Å². The van der Waals surface area contributed by atoms with Crippen LogP contribution < -0.4 is 23.0 Å². The number of piperidine rings is 5. The number of halogens is 5. The smallest absolute Gasteiger partial charge is 1.00 e. The molecule has 5 atom stereocenters. The first-order valence-corrected chi connectivity index (χ1v) is 32.4. The Morgan fingerprint density at radius 1 is 0.505 bits per heavy atom. The van der Waals surface area contributed by atoms with Crippen LogP contribution in [0, 0.1) is 16.7 Å². The van der Waals surface area contributed by atoms with E-state index in [1.54, 1.807) is 27.7 Å². The third kappa shape index (κ3) is 40.1. The maximum absolute atomic E-state index is 12.3. The molecule has 0 radical (unpaired) electrons. The number of likely N-dealkylation sites (tertiary alicyclic amines) is 3. The fraction of sp³-hybridized carbons (Fsp3) is 0.759. The second kappa shape index (κ2) is 54.3. The summed E-state index contributed by atoms with van der Waals surface area (Å²) in [4.78, 5) is 150. The number of carbonyl (C=O) groups excluding carboxylic acids is 11. The molecule has 5 rings (SSSR count). The molecule has 26 nitrogen and oxygen atoms in total. The average Bonchev–Trinajstić information content (AvgIpc) is 3.62. The van der Waals surface area contributed by atoms with Gasteiger partial charge in [0.25, 0.3) is 11.8 Å². The van der Waals surface area contributed by atoms with Crippen LogP contribution >= 0.6 is 45.4 Å². The first-order valence-electron chi connectivity index (χ1n) is 29.2. The van der Waals surface area contributed by atoms with Crippen LogP contribution in [-0.2, 0) is 95.2 Å². The van der Waals surface area contributed by atoms with Gasteiger partial charge in [0.1, 0.15) is 30.2 Å². The van der Waals surface area contributed by atoms with Crippen LogP contribution in [0.2, 0.25) is 0 Å². The van der Waals surface area contributed by atoms with E-state index in [4.69, 9.17) is 19.2 Å². The molecule has 5 fully saturated rings. The van der Waals surface area contributed by atoms with E-state index in [2.05, 4.69) is 83.3 Å². The van der Waals surface area contributed by atoms with E-state index in [1.165, 1.54) is 54.8 Å². The molecule has 0 aliphatic carbocycles. The van der Waals surface area contributed by atoms with Crippen molar-refractivity contribution in [3.8, 4) is 0 Å². The normalized spacial score (nSPS) is 18.9. The number of nitrogens with one attached hydrogen (secondary N) is 2. The predicted molar refractivity (Wildman–Crippen MR) is 341 cm³/mol. The Morgan fingerprint density at radius 3 is 1.05 bits per heavy atom. The third-order valence-corrected chi connectivity index (χ3v) is 14.9. The van der Waals surface area contributed by atoms with Gasteiger partial charge in [-0.05, 0) is 121 Å². The molecule has 0 saturated carbocycles. The summed E-state index contributed by atoms with van der Waals surface area (Å²) in [6, 6.07) is -2.44. The number of methoxy groups -OCH3 is 5. The minimum Gasteiger partial charge on any atom is -1.00 e. The Morgan fingerprint density at radius 2 is 0.813 bits per heavy atom. The molecule has 0 unspecified atom stereocenters. The number of hydrogen-bond donors (Lipinski definition) is 4. The van der Waals surface area contributed by atoms with Gasteiger partial charge in [0.2, 0.25) is 20.8 Å². The van der Waals surface area contributed by atoms with Gasteiger partial charge in [-0.3, -0.25) is 38.4 Å². The number of nitrogens with zero attached hydrogens (tertiary/aromatic N) is 3. The third-order valence-electron chi connectivity index (χ3n) is 14.7. The number of hydrogen-bond acceptors (Lipinski definition) is 21. The minimum absolute atomic E-state index is 0. The first kappa shape index (κ1) is 98.1. The zero-order valence-corrected chi connectivity index (χ0v) is 61.2. The van der Waals surface area contributed by atoms with Crippen LogP contribution in [0.1, 0.15) is 178 Å². The molecule has 5 aliphatic heterocycles. The van der Waals surface area contributed by atoms with Crippen molar-refractivity contribution in [3.63, 3.8) is 0 Å². The Kier molecular flexibility index (Phi) is 58.5. The van der Waals surface area contributed by atoms with Gasteiger partial charge in [0.15, 0.2) is 0 Å². The molecule has 0 aromatic carbocycles. The minimum atomic E-state index is -1.67. The van der Waals surface area contributed by atoms with E-state index in [0.29, 0.717) is 51.7 Å². The summed E-state index contributed by atoms with van der Waals surface area (Å²) < 4.78 is 31.2. The van der Waals surface area contributed by atoms with E-state index in [-0.39, 0.29) is 65.9 Å². The van der Waals surface area contributed by atoms with Crippen LogP contribution in [0.3, 0.4) is 0 Å². The first-order chi connectivity index (χ1) is 41.1. The number of ketones is 2. The quantitative estimate of drug-likeness (QED) is 0.0513. The van der Waals surface area contributed by atoms with Crippen molar-refractivity contribution in [2.24, 2.45) is 10.8 Å². The number of Topliss-reactive ketones (excluding diaryl/α,β-unsaturated/α-hetero) is 2. The molecular weight excluding hydrogens is 1340 g/mol. The van der Waals surface area contributed by atoms with Gasteiger partial charge in [-0.1, -0.05) is 61.3 Å². The summed E-state index contributed by atoms with van der Waals surface area (Å²) in [6.45, 7) is 20.1. The van der Waals surface area contributed by atoms with E-state index >= 15 is 0 Å². The molecule has 33 heteroatoms. The van der Waals surface area contributed by atoms with Gasteiger partial charge in [0, 0.05) is 51.8 Å². The fourth-order valence-electron chi connectivity index (χ4n) is 8.25. The van der Waals surface area contributed by atoms with Gasteiger partial charge < -0.3 is 77.6 Å². The van der Waals surface area contributed by atoms with Crippen LogP contribution in [0.25, 0.3) is 0 Å². The van der Waals surface area contributed by atoms with Gasteiger partial charge in [-0.25, -0.2) is 28.2 Å². The number of esters is 5. The van der Waals surface area contributed by atoms with Crippen LogP contribution in [0.5, 0.6) is 0 Å². The maximum atomic E-state index is 12.3. The number of rotatable bonds is 13. The molecular formula is C58H98Cl5MgN5O21S. The number of ether oxygens (including phenoxy) is 5. The van der Waals surface area contributed by atoms with Gasteiger partial charge in [0.05, 0.1) is 35.5 Å². The Hall–Kier alpha value is -4.00. The van der Waals surface area contributed by atoms with Crippen molar-refractivity contribution in [3.05, 3.63) is 5.92 Å². The van der Waals surface area contributed by atoms with Crippen LogP contribution in [-0.4, -0.2) is 227 Å². The van der Waals surface area contributed by atoms with Gasteiger partial charge >= 0.3 is 76.0 Å². The Balaban J connectivity index is -0.000000236. The molecule has 4 N–H and O–H groups in total. The van der Waals surface area contributed by atoms with E-state index < -0.39 is 109 Å². The summed E-state index contributed by atoms with van der Waals surface area (Å²) in [5, 5.41) is 22.5. The number of amides is 3. The largest absolute Gasteiger partial charge is 2.00 e. The second-order valence-corrected chi connectivity index (χ2v) is 24.8. The average molecular weight is 1440 g/mol. The number of carboxylic acids is 2. The van der Waals surface area contributed by atoms with Crippen molar-refractivity contribution in [2.75, 3.05) is 68.3 Å². The molecule has 524 valence electrons. The van der Waals surface area contributed by atoms with Crippen molar-refractivity contribution < 1.29 is 113 Å². The zero-order valence-electron chi connectivity index (χ0n) is 55.2. The van der Waals surface area contributed by atoms with Gasteiger partial charge in [-0.2, -0.15) is 20.3 Å². The van der Waals surface area contributed by atoms with E-state index in [1.807, 2.05) is 13.8 Å². The van der Waals surface area contributed by atoms with Crippen molar-refractivity contribution >= 4 is 154 Å². The molecule has 5 saturated heterocycles. The van der Waals surface area contributed by atoms with Crippen molar-refractivity contribution in [1.82, 2.24) is 25.3 Å². The molecule has 91 heavy (non-hydrogen) atoms. The second-order valence-electron chi connectivity index (χ2n) is 21.9. The van der Waals surface area contributed by atoms with Crippen LogP contribution in [0.4, 0.5) is 0 Å². The molecule has 0 bridgehead atoms. The van der Waals surface area contributed by atoms with Crippen LogP contribution in [0.15, 0.2) is 0 Å². The summed E-state index contributed by atoms with van der Waals surface area (Å²) in [5.74, 6) is -6.15. The summed E-state index contributed by atoms with van der Waals surface area (Å²) in [7, 11) is 13.6.